The van der Waals surface area contributed by atoms with Crippen LogP contribution < -0.4 is 10.6 Å². The first kappa shape index (κ1) is 13.5. The number of carbonyl (C=O) groups is 1. The van der Waals surface area contributed by atoms with Crippen molar-refractivity contribution in [3.8, 4) is 0 Å². The molecular formula is C13H13BrN4O. The third-order valence-electron chi connectivity index (χ3n) is 2.40. The van der Waals surface area contributed by atoms with Gasteiger partial charge in [-0.3, -0.25) is 4.79 Å². The molecule has 5 nitrogen and oxygen atoms in total. The number of halogens is 1. The average Bonchev–Trinajstić information content (AvgIpc) is 2.44. The summed E-state index contributed by atoms with van der Waals surface area (Å²) in [7, 11) is 0. The van der Waals surface area contributed by atoms with Crippen molar-refractivity contribution in [2.45, 2.75) is 6.54 Å². The number of amides is 1. The van der Waals surface area contributed by atoms with Crippen LogP contribution in [0.3, 0.4) is 0 Å². The molecule has 0 saturated carbocycles. The van der Waals surface area contributed by atoms with Gasteiger partial charge in [0.25, 0.3) is 0 Å². The molecule has 0 aliphatic carbocycles. The molecule has 1 amide bonds. The van der Waals surface area contributed by atoms with E-state index in [-0.39, 0.29) is 12.5 Å². The molecule has 19 heavy (non-hydrogen) atoms. The molecule has 98 valence electrons. The molecule has 6 heteroatoms. The van der Waals surface area contributed by atoms with Gasteiger partial charge >= 0.3 is 0 Å². The maximum Gasteiger partial charge on any atom is 0.239 e. The molecular weight excluding hydrogens is 308 g/mol. The summed E-state index contributed by atoms with van der Waals surface area (Å²) in [6.45, 7) is 0.700. The fourth-order valence-electron chi connectivity index (χ4n) is 1.46. The van der Waals surface area contributed by atoms with Crippen LogP contribution in [-0.2, 0) is 11.3 Å². The predicted octanol–water partition coefficient (Wildman–Crippen LogP) is 1.97. The smallest absolute Gasteiger partial charge is 0.239 e. The van der Waals surface area contributed by atoms with E-state index in [1.165, 1.54) is 6.33 Å². The Hall–Kier alpha value is -1.95. The molecule has 0 fully saturated rings. The van der Waals surface area contributed by atoms with E-state index in [4.69, 9.17) is 0 Å². The largest absolute Gasteiger partial charge is 0.361 e. The van der Waals surface area contributed by atoms with Crippen LogP contribution in [0.4, 0.5) is 5.82 Å². The van der Waals surface area contributed by atoms with Crippen molar-refractivity contribution in [2.24, 2.45) is 0 Å². The molecule has 0 spiro atoms. The van der Waals surface area contributed by atoms with E-state index in [0.717, 1.165) is 5.56 Å². The van der Waals surface area contributed by atoms with Gasteiger partial charge in [0.1, 0.15) is 16.7 Å². The first-order valence-electron chi connectivity index (χ1n) is 5.76. The molecule has 2 rings (SSSR count). The maximum atomic E-state index is 11.6. The van der Waals surface area contributed by atoms with E-state index >= 15 is 0 Å². The number of aromatic nitrogens is 2. The Morgan fingerprint density at radius 3 is 2.74 bits per heavy atom. The summed E-state index contributed by atoms with van der Waals surface area (Å²) in [5.74, 6) is 0.523. The molecule has 1 aromatic heterocycles. The van der Waals surface area contributed by atoms with E-state index in [0.29, 0.717) is 17.0 Å². The molecule has 0 radical (unpaired) electrons. The Morgan fingerprint density at radius 1 is 1.21 bits per heavy atom. The van der Waals surface area contributed by atoms with Crippen LogP contribution in [0.15, 0.2) is 47.3 Å². The van der Waals surface area contributed by atoms with Crippen LogP contribution in [0, 0.1) is 0 Å². The second kappa shape index (κ2) is 6.84. The highest BCUT2D eigenvalue weighted by atomic mass is 79.9. The molecule has 2 aromatic rings. The van der Waals surface area contributed by atoms with Gasteiger partial charge in [-0.15, -0.1) is 0 Å². The van der Waals surface area contributed by atoms with E-state index in [9.17, 15) is 4.79 Å². The summed E-state index contributed by atoms with van der Waals surface area (Å²) in [4.78, 5) is 19.6. The SMILES string of the molecule is O=C(CNc1cc(Br)ncn1)NCc1ccccc1. The van der Waals surface area contributed by atoms with Crippen LogP contribution >= 0.6 is 15.9 Å². The Morgan fingerprint density at radius 2 is 2.00 bits per heavy atom. The van der Waals surface area contributed by atoms with Crippen LogP contribution in [-0.4, -0.2) is 22.4 Å². The Bertz CT molecular complexity index is 547. The number of anilines is 1. The van der Waals surface area contributed by atoms with Crippen LogP contribution in [0.25, 0.3) is 0 Å². The first-order chi connectivity index (χ1) is 9.24. The van der Waals surface area contributed by atoms with Crippen LogP contribution in [0.1, 0.15) is 5.56 Å². The topological polar surface area (TPSA) is 66.9 Å². The summed E-state index contributed by atoms with van der Waals surface area (Å²) in [6.07, 6.45) is 1.42. The number of rotatable bonds is 5. The summed E-state index contributed by atoms with van der Waals surface area (Å²) < 4.78 is 0.676. The first-order valence-corrected chi connectivity index (χ1v) is 6.55. The zero-order valence-electron chi connectivity index (χ0n) is 10.1. The van der Waals surface area contributed by atoms with Gasteiger partial charge in [-0.2, -0.15) is 0 Å². The Labute approximate surface area is 119 Å². The second-order valence-corrected chi connectivity index (χ2v) is 4.65. The van der Waals surface area contributed by atoms with Gasteiger partial charge < -0.3 is 10.6 Å². The van der Waals surface area contributed by atoms with E-state index in [2.05, 4.69) is 36.5 Å². The monoisotopic (exact) mass is 320 g/mol. The molecule has 0 unspecified atom stereocenters. The van der Waals surface area contributed by atoms with E-state index < -0.39 is 0 Å². The van der Waals surface area contributed by atoms with Gasteiger partial charge in [0.05, 0.1) is 6.54 Å². The molecule has 0 aliphatic heterocycles. The molecule has 2 N–H and O–H groups in total. The lowest BCUT2D eigenvalue weighted by Crippen LogP contribution is -2.29. The van der Waals surface area contributed by atoms with Crippen molar-refractivity contribution in [3.63, 3.8) is 0 Å². The number of hydrogen-bond acceptors (Lipinski definition) is 4. The molecule has 0 aliphatic rings. The summed E-state index contributed by atoms with van der Waals surface area (Å²) in [6, 6.07) is 11.5. The lowest BCUT2D eigenvalue weighted by atomic mass is 10.2. The van der Waals surface area contributed by atoms with Gasteiger partial charge in [-0.1, -0.05) is 30.3 Å². The van der Waals surface area contributed by atoms with Gasteiger partial charge in [-0.25, -0.2) is 9.97 Å². The minimum absolute atomic E-state index is 0.0846. The molecule has 0 bridgehead atoms. The fraction of sp³-hybridized carbons (Fsp3) is 0.154. The van der Waals surface area contributed by atoms with E-state index in [1.54, 1.807) is 6.07 Å². The fourth-order valence-corrected chi connectivity index (χ4v) is 1.77. The van der Waals surface area contributed by atoms with Crippen molar-refractivity contribution >= 4 is 27.7 Å². The molecule has 1 heterocycles. The van der Waals surface area contributed by atoms with E-state index in [1.807, 2.05) is 30.3 Å². The molecule has 0 atom stereocenters. The standard InChI is InChI=1S/C13H13BrN4O/c14-11-6-12(18-9-17-11)15-8-13(19)16-7-10-4-2-1-3-5-10/h1-6,9H,7-8H2,(H,16,19)(H,15,17,18). The van der Waals surface area contributed by atoms with Crippen molar-refractivity contribution in [1.82, 2.24) is 15.3 Å². The highest BCUT2D eigenvalue weighted by molar-refractivity contribution is 9.10. The third kappa shape index (κ3) is 4.67. The molecule has 1 aromatic carbocycles. The zero-order valence-corrected chi connectivity index (χ0v) is 11.7. The quantitative estimate of drug-likeness (QED) is 0.826. The van der Waals surface area contributed by atoms with Gasteiger partial charge in [-0.05, 0) is 21.5 Å². The number of nitrogens with one attached hydrogen (secondary N) is 2. The van der Waals surface area contributed by atoms with Crippen molar-refractivity contribution in [3.05, 3.63) is 52.9 Å². The number of nitrogens with zero attached hydrogens (tertiary/aromatic N) is 2. The minimum atomic E-state index is -0.0846. The number of hydrogen-bond donors (Lipinski definition) is 2. The van der Waals surface area contributed by atoms with Crippen molar-refractivity contribution in [2.75, 3.05) is 11.9 Å². The summed E-state index contributed by atoms with van der Waals surface area (Å²) >= 11 is 3.24. The maximum absolute atomic E-state index is 11.6. The van der Waals surface area contributed by atoms with Crippen molar-refractivity contribution < 1.29 is 4.79 Å². The lowest BCUT2D eigenvalue weighted by Gasteiger charge is -2.07. The second-order valence-electron chi connectivity index (χ2n) is 3.84. The van der Waals surface area contributed by atoms with Crippen molar-refractivity contribution in [1.29, 1.82) is 0 Å². The van der Waals surface area contributed by atoms with Crippen LogP contribution in [0.2, 0.25) is 0 Å². The normalized spacial score (nSPS) is 9.95. The summed E-state index contributed by atoms with van der Waals surface area (Å²) in [5, 5.41) is 5.76. The third-order valence-corrected chi connectivity index (χ3v) is 2.83. The number of carbonyl (C=O) groups excluding carboxylic acids is 1. The van der Waals surface area contributed by atoms with Gasteiger partial charge in [0.2, 0.25) is 5.91 Å². The lowest BCUT2D eigenvalue weighted by molar-refractivity contribution is -0.119. The van der Waals surface area contributed by atoms with Crippen LogP contribution in [0.5, 0.6) is 0 Å². The number of benzene rings is 1. The highest BCUT2D eigenvalue weighted by Crippen LogP contribution is 2.08. The zero-order chi connectivity index (χ0) is 13.5. The highest BCUT2D eigenvalue weighted by Gasteiger charge is 2.02. The molecule has 0 saturated heterocycles. The Kier molecular flexibility index (Phi) is 4.85. The van der Waals surface area contributed by atoms with Gasteiger partial charge in [0.15, 0.2) is 0 Å². The van der Waals surface area contributed by atoms with Gasteiger partial charge in [0, 0.05) is 12.6 Å². The Balaban J connectivity index is 1.76. The summed E-state index contributed by atoms with van der Waals surface area (Å²) in [5.41, 5.74) is 1.07. The minimum Gasteiger partial charge on any atom is -0.361 e. The average molecular weight is 321 g/mol. The predicted molar refractivity (Wildman–Crippen MR) is 76.5 cm³/mol.